The zero-order chi connectivity index (χ0) is 19.6. The first kappa shape index (κ1) is 19.2. The van der Waals surface area contributed by atoms with Crippen molar-refractivity contribution in [1.82, 2.24) is 5.43 Å². The lowest BCUT2D eigenvalue weighted by Gasteiger charge is -2.08. The number of benzene rings is 3. The van der Waals surface area contributed by atoms with Crippen molar-refractivity contribution in [2.75, 3.05) is 7.11 Å². The number of nitrogens with one attached hydrogen (secondary N) is 1. The van der Waals surface area contributed by atoms with Crippen LogP contribution in [0.3, 0.4) is 0 Å². The van der Waals surface area contributed by atoms with Crippen LogP contribution in [-0.2, 0) is 17.8 Å². The SMILES string of the molecule is COc1ccc(CC(=O)N/N=C\c2ccccc2COc2ccccc2)cc1. The highest BCUT2D eigenvalue weighted by Crippen LogP contribution is 2.14. The summed E-state index contributed by atoms with van der Waals surface area (Å²) in [5.74, 6) is 1.39. The number of carbonyl (C=O) groups excluding carboxylic acids is 1. The number of hydrogen-bond donors (Lipinski definition) is 1. The number of hydrazone groups is 1. The van der Waals surface area contributed by atoms with Crippen LogP contribution in [0, 0.1) is 0 Å². The second kappa shape index (κ2) is 9.92. The van der Waals surface area contributed by atoms with Gasteiger partial charge < -0.3 is 9.47 Å². The van der Waals surface area contributed by atoms with Crippen LogP contribution in [0.1, 0.15) is 16.7 Å². The second-order valence-corrected chi connectivity index (χ2v) is 6.12. The van der Waals surface area contributed by atoms with Crippen LogP contribution in [0.4, 0.5) is 0 Å². The third kappa shape index (κ3) is 5.71. The summed E-state index contributed by atoms with van der Waals surface area (Å²) in [7, 11) is 1.61. The fourth-order valence-electron chi connectivity index (χ4n) is 2.61. The molecule has 0 aliphatic carbocycles. The van der Waals surface area contributed by atoms with E-state index in [0.29, 0.717) is 6.61 Å². The van der Waals surface area contributed by atoms with Gasteiger partial charge in [-0.15, -0.1) is 0 Å². The summed E-state index contributed by atoms with van der Waals surface area (Å²) in [6.07, 6.45) is 1.88. The van der Waals surface area contributed by atoms with E-state index in [0.717, 1.165) is 28.2 Å². The van der Waals surface area contributed by atoms with Gasteiger partial charge in [-0.25, -0.2) is 5.43 Å². The summed E-state index contributed by atoms with van der Waals surface area (Å²) in [6, 6.07) is 24.8. The average molecular weight is 374 g/mol. The largest absolute Gasteiger partial charge is 0.497 e. The predicted octanol–water partition coefficient (Wildman–Crippen LogP) is 3.97. The molecule has 0 saturated carbocycles. The first-order valence-electron chi connectivity index (χ1n) is 8.95. The number of rotatable bonds is 8. The summed E-state index contributed by atoms with van der Waals surface area (Å²) >= 11 is 0. The Bertz CT molecular complexity index is 922. The summed E-state index contributed by atoms with van der Waals surface area (Å²) in [5.41, 5.74) is 5.34. The molecule has 0 atom stereocenters. The summed E-state index contributed by atoms with van der Waals surface area (Å²) in [6.45, 7) is 0.423. The Morgan fingerprint density at radius 2 is 1.64 bits per heavy atom. The maximum Gasteiger partial charge on any atom is 0.244 e. The third-order valence-corrected chi connectivity index (χ3v) is 4.11. The van der Waals surface area contributed by atoms with Crippen LogP contribution in [0.2, 0.25) is 0 Å². The van der Waals surface area contributed by atoms with Gasteiger partial charge in [0.15, 0.2) is 0 Å². The van der Waals surface area contributed by atoms with E-state index < -0.39 is 0 Å². The van der Waals surface area contributed by atoms with Crippen molar-refractivity contribution in [3.63, 3.8) is 0 Å². The fourth-order valence-corrected chi connectivity index (χ4v) is 2.61. The molecule has 0 saturated heterocycles. The number of methoxy groups -OCH3 is 1. The molecular weight excluding hydrogens is 352 g/mol. The molecule has 5 nitrogen and oxygen atoms in total. The monoisotopic (exact) mass is 374 g/mol. The number of ether oxygens (including phenoxy) is 2. The molecular formula is C23H22N2O3. The van der Waals surface area contributed by atoms with Gasteiger partial charge >= 0.3 is 0 Å². The normalized spacial score (nSPS) is 10.6. The van der Waals surface area contributed by atoms with Gasteiger partial charge in [0, 0.05) is 5.56 Å². The molecule has 0 fully saturated rings. The molecule has 3 rings (SSSR count). The Labute approximate surface area is 164 Å². The first-order valence-corrected chi connectivity index (χ1v) is 8.95. The van der Waals surface area contributed by atoms with Gasteiger partial charge in [0.2, 0.25) is 5.91 Å². The van der Waals surface area contributed by atoms with E-state index in [1.54, 1.807) is 13.3 Å². The van der Waals surface area contributed by atoms with Crippen molar-refractivity contribution >= 4 is 12.1 Å². The summed E-state index contributed by atoms with van der Waals surface area (Å²) < 4.78 is 10.9. The standard InChI is InChI=1S/C23H22N2O3/c1-27-21-13-11-18(12-14-21)15-23(26)25-24-16-19-7-5-6-8-20(19)17-28-22-9-3-2-4-10-22/h2-14,16H,15,17H2,1H3,(H,25,26)/b24-16-. The van der Waals surface area contributed by atoms with Crippen LogP contribution in [0.25, 0.3) is 0 Å². The molecule has 0 radical (unpaired) electrons. The molecule has 1 amide bonds. The molecule has 0 aromatic heterocycles. The van der Waals surface area contributed by atoms with Gasteiger partial charge in [-0.05, 0) is 35.4 Å². The van der Waals surface area contributed by atoms with E-state index in [9.17, 15) is 4.79 Å². The zero-order valence-corrected chi connectivity index (χ0v) is 15.7. The molecule has 1 N–H and O–H groups in total. The molecule has 3 aromatic carbocycles. The molecule has 0 aliphatic heterocycles. The Kier molecular flexibility index (Phi) is 6.79. The number of nitrogens with zero attached hydrogens (tertiary/aromatic N) is 1. The first-order chi connectivity index (χ1) is 13.7. The van der Waals surface area contributed by atoms with Crippen molar-refractivity contribution < 1.29 is 14.3 Å². The third-order valence-electron chi connectivity index (χ3n) is 4.11. The van der Waals surface area contributed by atoms with Crippen molar-refractivity contribution in [2.24, 2.45) is 5.10 Å². The van der Waals surface area contributed by atoms with Crippen LogP contribution in [0.5, 0.6) is 11.5 Å². The number of carbonyl (C=O) groups is 1. The van der Waals surface area contributed by atoms with Crippen LogP contribution >= 0.6 is 0 Å². The van der Waals surface area contributed by atoms with Gasteiger partial charge in [-0.3, -0.25) is 4.79 Å². The Balaban J connectivity index is 1.55. The number of para-hydroxylation sites is 1. The van der Waals surface area contributed by atoms with Gasteiger partial charge in [0.25, 0.3) is 0 Å². The van der Waals surface area contributed by atoms with E-state index in [2.05, 4.69) is 10.5 Å². The molecule has 0 aliphatic rings. The van der Waals surface area contributed by atoms with Crippen molar-refractivity contribution in [3.8, 4) is 11.5 Å². The minimum atomic E-state index is -0.181. The molecule has 0 bridgehead atoms. The van der Waals surface area contributed by atoms with Crippen LogP contribution < -0.4 is 14.9 Å². The van der Waals surface area contributed by atoms with Crippen LogP contribution in [-0.4, -0.2) is 19.2 Å². The highest BCUT2D eigenvalue weighted by molar-refractivity contribution is 5.84. The molecule has 0 heterocycles. The van der Waals surface area contributed by atoms with Crippen molar-refractivity contribution in [1.29, 1.82) is 0 Å². The fraction of sp³-hybridized carbons (Fsp3) is 0.130. The molecule has 28 heavy (non-hydrogen) atoms. The Hall–Kier alpha value is -3.60. The number of amides is 1. The smallest absolute Gasteiger partial charge is 0.244 e. The molecule has 0 spiro atoms. The molecule has 3 aromatic rings. The Morgan fingerprint density at radius 3 is 2.39 bits per heavy atom. The second-order valence-electron chi connectivity index (χ2n) is 6.12. The highest BCUT2D eigenvalue weighted by Gasteiger charge is 2.04. The van der Waals surface area contributed by atoms with Crippen molar-refractivity contribution in [3.05, 3.63) is 95.6 Å². The lowest BCUT2D eigenvalue weighted by Crippen LogP contribution is -2.19. The van der Waals surface area contributed by atoms with Gasteiger partial charge in [0.05, 0.1) is 19.7 Å². The maximum absolute atomic E-state index is 12.1. The van der Waals surface area contributed by atoms with Gasteiger partial charge in [-0.2, -0.15) is 5.10 Å². The molecule has 0 unspecified atom stereocenters. The predicted molar refractivity (Wildman–Crippen MR) is 110 cm³/mol. The molecule has 142 valence electrons. The van der Waals surface area contributed by atoms with E-state index in [4.69, 9.17) is 9.47 Å². The van der Waals surface area contributed by atoms with E-state index in [-0.39, 0.29) is 12.3 Å². The minimum Gasteiger partial charge on any atom is -0.497 e. The lowest BCUT2D eigenvalue weighted by molar-refractivity contribution is -0.120. The van der Waals surface area contributed by atoms with E-state index >= 15 is 0 Å². The van der Waals surface area contributed by atoms with Crippen molar-refractivity contribution in [2.45, 2.75) is 13.0 Å². The van der Waals surface area contributed by atoms with Gasteiger partial charge in [0.1, 0.15) is 18.1 Å². The van der Waals surface area contributed by atoms with Gasteiger partial charge in [-0.1, -0.05) is 54.6 Å². The van der Waals surface area contributed by atoms with E-state index in [1.807, 2.05) is 78.9 Å². The minimum absolute atomic E-state index is 0.181. The summed E-state index contributed by atoms with van der Waals surface area (Å²) in [4.78, 5) is 12.1. The molecule has 5 heteroatoms. The quantitative estimate of drug-likeness (QED) is 0.479. The Morgan fingerprint density at radius 1 is 0.929 bits per heavy atom. The topological polar surface area (TPSA) is 59.9 Å². The highest BCUT2D eigenvalue weighted by atomic mass is 16.5. The van der Waals surface area contributed by atoms with E-state index in [1.165, 1.54) is 0 Å². The summed E-state index contributed by atoms with van der Waals surface area (Å²) in [5, 5.41) is 4.08. The number of hydrogen-bond acceptors (Lipinski definition) is 4. The van der Waals surface area contributed by atoms with Crippen LogP contribution in [0.15, 0.2) is 84.0 Å². The lowest BCUT2D eigenvalue weighted by atomic mass is 10.1. The zero-order valence-electron chi connectivity index (χ0n) is 15.7. The maximum atomic E-state index is 12.1. The average Bonchev–Trinajstić information content (AvgIpc) is 2.74.